The molecule has 1 rings (SSSR count). The molecule has 0 amide bonds. The second-order valence-corrected chi connectivity index (χ2v) is 6.79. The summed E-state index contributed by atoms with van der Waals surface area (Å²) in [6.45, 7) is 5.61. The molecule has 0 spiro atoms. The Kier molecular flexibility index (Phi) is 8.50. The van der Waals surface area contributed by atoms with Gasteiger partial charge in [-0.05, 0) is 24.1 Å². The van der Waals surface area contributed by atoms with Gasteiger partial charge in [0.25, 0.3) is 0 Å². The van der Waals surface area contributed by atoms with Crippen LogP contribution in [0.2, 0.25) is 0 Å². The zero-order valence-corrected chi connectivity index (χ0v) is 16.7. The molecule has 1 aromatic rings. The highest BCUT2D eigenvalue weighted by Gasteiger charge is 2.51. The first kappa shape index (κ1) is 24.3. The van der Waals surface area contributed by atoms with Gasteiger partial charge in [-0.1, -0.05) is 27.7 Å². The van der Waals surface area contributed by atoms with Crippen molar-refractivity contribution in [2.24, 2.45) is 11.8 Å². The highest BCUT2D eigenvalue weighted by molar-refractivity contribution is 5.91. The number of esters is 2. The predicted molar refractivity (Wildman–Crippen MR) is 96.0 cm³/mol. The third-order valence-corrected chi connectivity index (χ3v) is 3.68. The van der Waals surface area contributed by atoms with Crippen molar-refractivity contribution in [3.63, 3.8) is 0 Å². The molecule has 0 aliphatic heterocycles. The average Bonchev–Trinajstić information content (AvgIpc) is 2.64. The van der Waals surface area contributed by atoms with E-state index in [2.05, 4.69) is 0 Å². The number of carbonyl (C=O) groups is 3. The molecule has 0 fully saturated rings. The summed E-state index contributed by atoms with van der Waals surface area (Å²) >= 11 is 0. The summed E-state index contributed by atoms with van der Waals surface area (Å²) < 4.78 is 47.8. The number of benzene rings is 1. The van der Waals surface area contributed by atoms with E-state index in [1.54, 1.807) is 13.8 Å². The van der Waals surface area contributed by atoms with E-state index in [1.165, 1.54) is 33.1 Å². The topological polar surface area (TPSA) is 108 Å². The van der Waals surface area contributed by atoms with Gasteiger partial charge in [-0.15, -0.1) is 0 Å². The van der Waals surface area contributed by atoms with Crippen LogP contribution >= 0.6 is 0 Å². The summed E-state index contributed by atoms with van der Waals surface area (Å²) in [6.07, 6.45) is -2.19. The molecule has 1 unspecified atom stereocenters. The van der Waals surface area contributed by atoms with E-state index < -0.39 is 41.8 Å². The second-order valence-electron chi connectivity index (χ2n) is 6.79. The van der Waals surface area contributed by atoms with Gasteiger partial charge in [0, 0.05) is 7.11 Å². The number of carboxylic acids is 1. The second kappa shape index (κ2) is 10.1. The molecule has 1 N–H and O–H groups in total. The van der Waals surface area contributed by atoms with Crippen LogP contribution in [-0.2, 0) is 19.1 Å². The van der Waals surface area contributed by atoms with Gasteiger partial charge >= 0.3 is 23.8 Å². The number of carboxylic acid groups (broad SMARTS) is 1. The number of ether oxygens (including phenoxy) is 4. The summed E-state index contributed by atoms with van der Waals surface area (Å²) in [5.41, 5.74) is -0.202. The number of methoxy groups -OCH3 is 1. The molecular weight excluding hydrogens is 394 g/mol. The smallest absolute Gasteiger partial charge is 0.378 e. The van der Waals surface area contributed by atoms with Crippen LogP contribution in [0.25, 0.3) is 0 Å². The molecule has 0 aromatic heterocycles. The van der Waals surface area contributed by atoms with Gasteiger partial charge in [-0.2, -0.15) is 8.78 Å². The Morgan fingerprint density at radius 3 is 2.21 bits per heavy atom. The molecule has 0 radical (unpaired) electrons. The number of aliphatic carboxylic acids is 1. The van der Waals surface area contributed by atoms with Crippen LogP contribution in [0.4, 0.5) is 8.78 Å². The first-order valence-corrected chi connectivity index (χ1v) is 8.71. The average molecular weight is 418 g/mol. The Morgan fingerprint density at radius 2 is 1.72 bits per heavy atom. The number of hydrogen-bond donors (Lipinski definition) is 1. The molecule has 29 heavy (non-hydrogen) atoms. The van der Waals surface area contributed by atoms with E-state index in [9.17, 15) is 23.2 Å². The van der Waals surface area contributed by atoms with E-state index in [1.807, 2.05) is 0 Å². The Labute approximate surface area is 166 Å². The van der Waals surface area contributed by atoms with Crippen molar-refractivity contribution in [2.75, 3.05) is 13.9 Å². The normalized spacial score (nSPS) is 12.6. The van der Waals surface area contributed by atoms with Gasteiger partial charge < -0.3 is 24.1 Å². The van der Waals surface area contributed by atoms with Crippen LogP contribution in [0.5, 0.6) is 11.5 Å². The summed E-state index contributed by atoms with van der Waals surface area (Å²) in [4.78, 5) is 35.0. The van der Waals surface area contributed by atoms with Crippen LogP contribution < -0.4 is 9.47 Å². The molecule has 0 saturated carbocycles. The van der Waals surface area contributed by atoms with E-state index in [4.69, 9.17) is 24.1 Å². The summed E-state index contributed by atoms with van der Waals surface area (Å²) in [5.74, 6) is -9.87. The molecule has 0 saturated heterocycles. The minimum absolute atomic E-state index is 0.00595. The first-order valence-electron chi connectivity index (χ1n) is 8.71. The van der Waals surface area contributed by atoms with Gasteiger partial charge in [0.1, 0.15) is 0 Å². The van der Waals surface area contributed by atoms with Crippen molar-refractivity contribution < 1.29 is 47.2 Å². The SMILES string of the molecule is COCOc1cc(C(=O)OC(C(C)C)C(F)(F)C(=O)O)ccc1OC(=O)C(C)C. The molecule has 0 aliphatic rings. The molecule has 0 aliphatic carbocycles. The molecule has 8 nitrogen and oxygen atoms in total. The number of rotatable bonds is 10. The number of carbonyl (C=O) groups excluding carboxylic acids is 2. The van der Waals surface area contributed by atoms with E-state index >= 15 is 0 Å². The lowest BCUT2D eigenvalue weighted by atomic mass is 10.0. The first-order chi connectivity index (χ1) is 13.4. The van der Waals surface area contributed by atoms with E-state index in [-0.39, 0.29) is 23.9 Å². The van der Waals surface area contributed by atoms with Crippen LogP contribution in [0.3, 0.4) is 0 Å². The van der Waals surface area contributed by atoms with Crippen molar-refractivity contribution in [2.45, 2.75) is 39.7 Å². The lowest BCUT2D eigenvalue weighted by Gasteiger charge is -2.26. The number of hydrogen-bond acceptors (Lipinski definition) is 7. The summed E-state index contributed by atoms with van der Waals surface area (Å²) in [5, 5.41) is 8.73. The quantitative estimate of drug-likeness (QED) is 0.351. The van der Waals surface area contributed by atoms with Crippen LogP contribution in [0.15, 0.2) is 18.2 Å². The zero-order valence-electron chi connectivity index (χ0n) is 16.7. The van der Waals surface area contributed by atoms with Gasteiger partial charge in [-0.25, -0.2) is 9.59 Å². The molecule has 162 valence electrons. The van der Waals surface area contributed by atoms with E-state index in [0.717, 1.165) is 6.07 Å². The fourth-order valence-electron chi connectivity index (χ4n) is 2.11. The fourth-order valence-corrected chi connectivity index (χ4v) is 2.11. The van der Waals surface area contributed by atoms with Crippen molar-refractivity contribution in [3.05, 3.63) is 23.8 Å². The maximum atomic E-state index is 13.9. The van der Waals surface area contributed by atoms with Gasteiger partial charge in [0.05, 0.1) is 11.5 Å². The molecule has 0 heterocycles. The Morgan fingerprint density at radius 1 is 1.10 bits per heavy atom. The minimum Gasteiger partial charge on any atom is -0.477 e. The lowest BCUT2D eigenvalue weighted by molar-refractivity contribution is -0.187. The lowest BCUT2D eigenvalue weighted by Crippen LogP contribution is -2.47. The highest BCUT2D eigenvalue weighted by atomic mass is 19.3. The van der Waals surface area contributed by atoms with Crippen molar-refractivity contribution in [1.82, 2.24) is 0 Å². The zero-order chi connectivity index (χ0) is 22.4. The Balaban J connectivity index is 3.17. The van der Waals surface area contributed by atoms with Gasteiger partial charge in [-0.3, -0.25) is 4.79 Å². The van der Waals surface area contributed by atoms with Crippen LogP contribution in [0, 0.1) is 11.8 Å². The van der Waals surface area contributed by atoms with Crippen LogP contribution in [0.1, 0.15) is 38.1 Å². The van der Waals surface area contributed by atoms with Gasteiger partial charge in [0.15, 0.2) is 24.4 Å². The largest absolute Gasteiger partial charge is 0.477 e. The van der Waals surface area contributed by atoms with Crippen molar-refractivity contribution >= 4 is 17.9 Å². The monoisotopic (exact) mass is 418 g/mol. The summed E-state index contributed by atoms with van der Waals surface area (Å²) in [7, 11) is 1.35. The molecule has 10 heteroatoms. The van der Waals surface area contributed by atoms with Crippen molar-refractivity contribution in [3.8, 4) is 11.5 Å². The van der Waals surface area contributed by atoms with Crippen molar-refractivity contribution in [1.29, 1.82) is 0 Å². The molecule has 1 aromatic carbocycles. The third kappa shape index (κ3) is 6.38. The highest BCUT2D eigenvalue weighted by Crippen LogP contribution is 2.32. The maximum absolute atomic E-state index is 13.9. The van der Waals surface area contributed by atoms with Gasteiger partial charge in [0.2, 0.25) is 0 Å². The number of halogens is 2. The maximum Gasteiger partial charge on any atom is 0.378 e. The summed E-state index contributed by atoms with van der Waals surface area (Å²) in [6, 6.07) is 3.55. The third-order valence-electron chi connectivity index (χ3n) is 3.68. The predicted octanol–water partition coefficient (Wildman–Crippen LogP) is 3.13. The minimum atomic E-state index is -4.27. The van der Waals surface area contributed by atoms with Crippen LogP contribution in [-0.4, -0.2) is 48.9 Å². The standard InChI is InChI=1S/C19H24F2O8/c1-10(2)15(19(20,21)18(24)25)29-17(23)12-6-7-13(28-16(22)11(3)4)14(8-12)27-9-26-5/h6-8,10-11,15H,9H2,1-5H3,(H,24,25). The molecule has 1 atom stereocenters. The fraction of sp³-hybridized carbons (Fsp3) is 0.526. The molecule has 0 bridgehead atoms. The number of alkyl halides is 2. The Hall–Kier alpha value is -2.75. The Bertz CT molecular complexity index is 746. The molecular formula is C19H24F2O8. The van der Waals surface area contributed by atoms with E-state index in [0.29, 0.717) is 0 Å².